The average molecular weight is 281 g/mol. The number of benzene rings is 1. The van der Waals surface area contributed by atoms with Gasteiger partial charge >= 0.3 is 0 Å². The maximum atomic E-state index is 12.2. The molecule has 1 heterocycles. The molecule has 1 aromatic rings. The number of amides is 1. The fourth-order valence-electron chi connectivity index (χ4n) is 2.40. The van der Waals surface area contributed by atoms with Crippen molar-refractivity contribution in [3.05, 3.63) is 34.9 Å². The predicted molar refractivity (Wildman–Crippen MR) is 78.3 cm³/mol. The van der Waals surface area contributed by atoms with Gasteiger partial charge in [0.2, 0.25) is 5.91 Å². The zero-order chi connectivity index (χ0) is 13.7. The number of nitrogens with one attached hydrogen (secondary N) is 2. The Morgan fingerprint density at radius 1 is 1.32 bits per heavy atom. The first-order valence-corrected chi connectivity index (χ1v) is 7.34. The third kappa shape index (κ3) is 4.22. The van der Waals surface area contributed by atoms with E-state index in [9.17, 15) is 4.79 Å². The van der Waals surface area contributed by atoms with Crippen LogP contribution in [0.5, 0.6) is 0 Å². The number of hydrogen-bond donors (Lipinski definition) is 2. The first-order valence-electron chi connectivity index (χ1n) is 6.96. The molecule has 1 aliphatic heterocycles. The van der Waals surface area contributed by atoms with Crippen LogP contribution in [0, 0.1) is 0 Å². The predicted octanol–water partition coefficient (Wildman–Crippen LogP) is 3.05. The molecule has 104 valence electrons. The summed E-state index contributed by atoms with van der Waals surface area (Å²) in [6.07, 6.45) is 4.43. The zero-order valence-corrected chi connectivity index (χ0v) is 12.0. The van der Waals surface area contributed by atoms with Crippen LogP contribution in [0.25, 0.3) is 0 Å². The molecule has 1 unspecified atom stereocenters. The van der Waals surface area contributed by atoms with E-state index >= 15 is 0 Å². The molecule has 1 amide bonds. The van der Waals surface area contributed by atoms with Crippen LogP contribution in [0.15, 0.2) is 24.3 Å². The molecule has 0 aromatic heterocycles. The van der Waals surface area contributed by atoms with Gasteiger partial charge in [-0.15, -0.1) is 0 Å². The highest BCUT2D eigenvalue weighted by Gasteiger charge is 2.21. The van der Waals surface area contributed by atoms with E-state index in [2.05, 4.69) is 10.6 Å². The lowest BCUT2D eigenvalue weighted by molar-refractivity contribution is -0.123. The van der Waals surface area contributed by atoms with Crippen molar-refractivity contribution in [3.8, 4) is 0 Å². The average Bonchev–Trinajstić information content (AvgIpc) is 2.68. The maximum Gasteiger partial charge on any atom is 0.237 e. The normalized spacial score (nSPS) is 21.5. The number of carbonyl (C=O) groups is 1. The van der Waals surface area contributed by atoms with Crippen LogP contribution in [-0.4, -0.2) is 18.5 Å². The molecule has 19 heavy (non-hydrogen) atoms. The number of carbonyl (C=O) groups excluding carboxylic acids is 1. The zero-order valence-electron chi connectivity index (χ0n) is 11.3. The van der Waals surface area contributed by atoms with Crippen LogP contribution in [0.2, 0.25) is 5.02 Å². The summed E-state index contributed by atoms with van der Waals surface area (Å²) in [6, 6.07) is 7.57. The molecule has 0 radical (unpaired) electrons. The molecule has 3 nitrogen and oxygen atoms in total. The summed E-state index contributed by atoms with van der Waals surface area (Å²) in [4.78, 5) is 12.2. The maximum absolute atomic E-state index is 12.2. The van der Waals surface area contributed by atoms with Gasteiger partial charge in [-0.25, -0.2) is 0 Å². The summed E-state index contributed by atoms with van der Waals surface area (Å²) in [6.45, 7) is 2.94. The lowest BCUT2D eigenvalue weighted by Gasteiger charge is -2.20. The number of halogens is 1. The van der Waals surface area contributed by atoms with Crippen LogP contribution in [0.4, 0.5) is 0 Å². The monoisotopic (exact) mass is 280 g/mol. The van der Waals surface area contributed by atoms with Gasteiger partial charge in [-0.2, -0.15) is 0 Å². The van der Waals surface area contributed by atoms with Gasteiger partial charge in [-0.1, -0.05) is 36.6 Å². The lowest BCUT2D eigenvalue weighted by Crippen LogP contribution is -2.44. The van der Waals surface area contributed by atoms with E-state index in [1.165, 1.54) is 6.42 Å². The second-order valence-corrected chi connectivity index (χ2v) is 5.57. The van der Waals surface area contributed by atoms with Crippen molar-refractivity contribution in [2.75, 3.05) is 6.54 Å². The van der Waals surface area contributed by atoms with E-state index in [1.807, 2.05) is 31.2 Å². The highest BCUT2D eigenvalue weighted by atomic mass is 35.5. The Morgan fingerprint density at radius 3 is 2.79 bits per heavy atom. The molecule has 1 aromatic carbocycles. The summed E-state index contributed by atoms with van der Waals surface area (Å²) in [5.74, 6) is 0.101. The van der Waals surface area contributed by atoms with Crippen molar-refractivity contribution in [2.45, 2.75) is 44.7 Å². The molecule has 2 rings (SSSR count). The second-order valence-electron chi connectivity index (χ2n) is 5.14. The molecule has 0 bridgehead atoms. The van der Waals surface area contributed by atoms with Crippen molar-refractivity contribution in [1.29, 1.82) is 0 Å². The van der Waals surface area contributed by atoms with Gasteiger partial charge in [0.05, 0.1) is 12.1 Å². The summed E-state index contributed by atoms with van der Waals surface area (Å²) in [5.41, 5.74) is 1.08. The fraction of sp³-hybridized carbons (Fsp3) is 0.533. The van der Waals surface area contributed by atoms with Gasteiger partial charge in [0.1, 0.15) is 0 Å². The first kappa shape index (κ1) is 14.4. The number of rotatable bonds is 3. The second kappa shape index (κ2) is 6.92. The smallest absolute Gasteiger partial charge is 0.237 e. The van der Waals surface area contributed by atoms with Crippen molar-refractivity contribution in [1.82, 2.24) is 10.6 Å². The van der Waals surface area contributed by atoms with Crippen molar-refractivity contribution in [3.63, 3.8) is 0 Å². The Balaban J connectivity index is 1.92. The van der Waals surface area contributed by atoms with E-state index < -0.39 is 0 Å². The third-order valence-corrected chi connectivity index (χ3v) is 3.86. The fourth-order valence-corrected chi connectivity index (χ4v) is 2.53. The van der Waals surface area contributed by atoms with Crippen molar-refractivity contribution >= 4 is 17.5 Å². The van der Waals surface area contributed by atoms with Gasteiger partial charge in [0, 0.05) is 5.02 Å². The minimum atomic E-state index is -0.0442. The van der Waals surface area contributed by atoms with Gasteiger partial charge < -0.3 is 10.6 Å². The molecule has 1 saturated heterocycles. The molecular formula is C15H21ClN2O. The summed E-state index contributed by atoms with van der Waals surface area (Å²) in [7, 11) is 0. The SMILES string of the molecule is C[C@H](NC(=O)C1CCCCCN1)c1ccc(Cl)cc1. The Hall–Kier alpha value is -1.06. The van der Waals surface area contributed by atoms with E-state index in [1.54, 1.807) is 0 Å². The quantitative estimate of drug-likeness (QED) is 0.893. The molecule has 0 saturated carbocycles. The Kier molecular flexibility index (Phi) is 5.23. The van der Waals surface area contributed by atoms with E-state index in [4.69, 9.17) is 11.6 Å². The van der Waals surface area contributed by atoms with Crippen LogP contribution < -0.4 is 10.6 Å². The first-order chi connectivity index (χ1) is 9.16. The largest absolute Gasteiger partial charge is 0.348 e. The molecule has 0 aliphatic carbocycles. The van der Waals surface area contributed by atoms with E-state index in [0.29, 0.717) is 5.02 Å². The van der Waals surface area contributed by atoms with Gasteiger partial charge in [0.25, 0.3) is 0 Å². The van der Waals surface area contributed by atoms with Crippen molar-refractivity contribution in [2.24, 2.45) is 0 Å². The van der Waals surface area contributed by atoms with Crippen LogP contribution in [-0.2, 0) is 4.79 Å². The standard InChI is InChI=1S/C15H21ClN2O/c1-11(12-6-8-13(16)9-7-12)18-15(19)14-5-3-2-4-10-17-14/h6-9,11,14,17H,2-5,10H2,1H3,(H,18,19)/t11-,14?/m0/s1. The van der Waals surface area contributed by atoms with Crippen LogP contribution in [0.3, 0.4) is 0 Å². The topological polar surface area (TPSA) is 41.1 Å². The lowest BCUT2D eigenvalue weighted by atomic mass is 10.1. The minimum absolute atomic E-state index is 0.00909. The highest BCUT2D eigenvalue weighted by molar-refractivity contribution is 6.30. The minimum Gasteiger partial charge on any atom is -0.348 e. The van der Waals surface area contributed by atoms with Crippen molar-refractivity contribution < 1.29 is 4.79 Å². The van der Waals surface area contributed by atoms with Gasteiger partial charge in [-0.3, -0.25) is 4.79 Å². The van der Waals surface area contributed by atoms with Crippen LogP contribution in [0.1, 0.15) is 44.2 Å². The molecular weight excluding hydrogens is 260 g/mol. The summed E-state index contributed by atoms with van der Waals surface area (Å²) < 4.78 is 0. The van der Waals surface area contributed by atoms with Crippen LogP contribution >= 0.6 is 11.6 Å². The molecule has 1 aliphatic rings. The molecule has 2 N–H and O–H groups in total. The van der Waals surface area contributed by atoms with E-state index in [0.717, 1.165) is 31.4 Å². The highest BCUT2D eigenvalue weighted by Crippen LogP contribution is 2.17. The summed E-state index contributed by atoms with van der Waals surface area (Å²) in [5, 5.41) is 7.10. The van der Waals surface area contributed by atoms with E-state index in [-0.39, 0.29) is 18.0 Å². The molecule has 4 heteroatoms. The number of hydrogen-bond acceptors (Lipinski definition) is 2. The Morgan fingerprint density at radius 2 is 2.05 bits per heavy atom. The molecule has 1 fully saturated rings. The summed E-state index contributed by atoms with van der Waals surface area (Å²) >= 11 is 5.86. The molecule has 0 spiro atoms. The third-order valence-electron chi connectivity index (χ3n) is 3.61. The Labute approximate surface area is 119 Å². The molecule has 2 atom stereocenters. The Bertz CT molecular complexity index is 411. The van der Waals surface area contributed by atoms with Gasteiger partial charge in [-0.05, 0) is 44.0 Å². The van der Waals surface area contributed by atoms with Gasteiger partial charge in [0.15, 0.2) is 0 Å².